The summed E-state index contributed by atoms with van der Waals surface area (Å²) in [4.78, 5) is 15.2. The molecule has 5 heteroatoms. The Morgan fingerprint density at radius 3 is 1.60 bits per heavy atom. The molecule has 8 rings (SSSR count). The van der Waals surface area contributed by atoms with Gasteiger partial charge in [-0.15, -0.1) is 0 Å². The Bertz CT molecular complexity index is 2370. The number of aromatic nitrogens is 4. The summed E-state index contributed by atoms with van der Waals surface area (Å²) in [6.45, 7) is 4.26. The van der Waals surface area contributed by atoms with E-state index in [9.17, 15) is 5.26 Å². The van der Waals surface area contributed by atoms with Gasteiger partial charge in [-0.25, -0.2) is 15.0 Å². The van der Waals surface area contributed by atoms with Crippen molar-refractivity contribution in [2.75, 3.05) is 0 Å². The molecule has 0 fully saturated rings. The summed E-state index contributed by atoms with van der Waals surface area (Å²) in [6, 6.07) is 49.7. The molecule has 47 heavy (non-hydrogen) atoms. The van der Waals surface area contributed by atoms with Crippen molar-refractivity contribution in [3.8, 4) is 57.0 Å². The molecule has 0 aliphatic carbocycles. The Labute approximate surface area is 273 Å². The Morgan fingerprint density at radius 1 is 0.489 bits per heavy atom. The van der Waals surface area contributed by atoms with Gasteiger partial charge in [0.2, 0.25) is 0 Å². The monoisotopic (exact) mass is 603 g/mol. The van der Waals surface area contributed by atoms with Gasteiger partial charge in [0.25, 0.3) is 0 Å². The highest BCUT2D eigenvalue weighted by molar-refractivity contribution is 6.10. The Balaban J connectivity index is 1.48. The van der Waals surface area contributed by atoms with Crippen LogP contribution < -0.4 is 0 Å². The van der Waals surface area contributed by atoms with Gasteiger partial charge in [-0.1, -0.05) is 108 Å². The first-order chi connectivity index (χ1) is 23.1. The predicted octanol–water partition coefficient (Wildman–Crippen LogP) is 10.1. The number of hydrogen-bond donors (Lipinski definition) is 0. The number of rotatable bonds is 5. The van der Waals surface area contributed by atoms with Gasteiger partial charge in [0.15, 0.2) is 17.5 Å². The van der Waals surface area contributed by atoms with Crippen LogP contribution in [0.1, 0.15) is 16.7 Å². The van der Waals surface area contributed by atoms with E-state index in [2.05, 4.69) is 79.1 Å². The topological polar surface area (TPSA) is 67.4 Å². The molecule has 0 spiro atoms. The third-order valence-electron chi connectivity index (χ3n) is 8.61. The van der Waals surface area contributed by atoms with Crippen LogP contribution in [0.4, 0.5) is 0 Å². The van der Waals surface area contributed by atoms with E-state index in [0.717, 1.165) is 44.5 Å². The van der Waals surface area contributed by atoms with E-state index in [-0.39, 0.29) is 0 Å². The van der Waals surface area contributed by atoms with Crippen molar-refractivity contribution in [3.63, 3.8) is 0 Å². The second kappa shape index (κ2) is 11.5. The first-order valence-electron chi connectivity index (χ1n) is 15.6. The average Bonchev–Trinajstić information content (AvgIpc) is 3.44. The summed E-state index contributed by atoms with van der Waals surface area (Å²) in [5, 5.41) is 12.4. The molecule has 0 aliphatic rings. The highest BCUT2D eigenvalue weighted by Gasteiger charge is 2.21. The molecule has 0 radical (unpaired) electrons. The van der Waals surface area contributed by atoms with E-state index in [4.69, 9.17) is 15.0 Å². The maximum Gasteiger partial charge on any atom is 0.166 e. The summed E-state index contributed by atoms with van der Waals surface area (Å²) in [6.07, 6.45) is 0. The largest absolute Gasteiger partial charge is 0.309 e. The molecule has 2 aromatic heterocycles. The molecule has 222 valence electrons. The van der Waals surface area contributed by atoms with Crippen LogP contribution in [-0.2, 0) is 0 Å². The molecule has 0 atom stereocenters. The van der Waals surface area contributed by atoms with Gasteiger partial charge >= 0.3 is 0 Å². The molecule has 0 saturated heterocycles. The van der Waals surface area contributed by atoms with E-state index in [1.165, 1.54) is 21.9 Å². The first kappa shape index (κ1) is 28.1. The van der Waals surface area contributed by atoms with Crippen molar-refractivity contribution >= 4 is 21.8 Å². The number of aryl methyl sites for hydroxylation is 2. The zero-order valence-corrected chi connectivity index (χ0v) is 26.0. The second-order valence-electron chi connectivity index (χ2n) is 11.8. The van der Waals surface area contributed by atoms with Gasteiger partial charge in [-0.2, -0.15) is 5.26 Å². The van der Waals surface area contributed by atoms with Crippen LogP contribution in [0.25, 0.3) is 72.8 Å². The lowest BCUT2D eigenvalue weighted by Crippen LogP contribution is -2.04. The zero-order chi connectivity index (χ0) is 31.9. The number of benzene rings is 6. The highest BCUT2D eigenvalue weighted by Crippen LogP contribution is 2.39. The van der Waals surface area contributed by atoms with E-state index in [1.807, 2.05) is 84.9 Å². The van der Waals surface area contributed by atoms with Crippen molar-refractivity contribution in [1.82, 2.24) is 19.5 Å². The first-order valence-corrected chi connectivity index (χ1v) is 15.6. The molecule has 8 aromatic rings. The molecule has 0 unspecified atom stereocenters. The molecule has 0 aliphatic heterocycles. The quantitative estimate of drug-likeness (QED) is 0.196. The van der Waals surface area contributed by atoms with Crippen LogP contribution in [0.15, 0.2) is 140 Å². The second-order valence-corrected chi connectivity index (χ2v) is 11.8. The molecular formula is C42H29N5. The van der Waals surface area contributed by atoms with Crippen molar-refractivity contribution < 1.29 is 0 Å². The third-order valence-corrected chi connectivity index (χ3v) is 8.61. The minimum atomic E-state index is 0.554. The van der Waals surface area contributed by atoms with Gasteiger partial charge in [0, 0.05) is 27.5 Å². The maximum absolute atomic E-state index is 9.99. The minimum absolute atomic E-state index is 0.554. The molecule has 2 heterocycles. The lowest BCUT2D eigenvalue weighted by Gasteiger charge is -2.16. The Hall–Kier alpha value is -6.38. The van der Waals surface area contributed by atoms with Crippen molar-refractivity contribution in [2.45, 2.75) is 13.8 Å². The van der Waals surface area contributed by atoms with E-state index < -0.39 is 0 Å². The van der Waals surface area contributed by atoms with Crippen LogP contribution in [-0.4, -0.2) is 19.5 Å². The fourth-order valence-electron chi connectivity index (χ4n) is 6.35. The molecule has 0 saturated carbocycles. The summed E-state index contributed by atoms with van der Waals surface area (Å²) in [5.41, 5.74) is 10.6. The van der Waals surface area contributed by atoms with E-state index in [0.29, 0.717) is 23.0 Å². The van der Waals surface area contributed by atoms with E-state index in [1.54, 1.807) is 0 Å². The van der Waals surface area contributed by atoms with Gasteiger partial charge < -0.3 is 4.57 Å². The third kappa shape index (κ3) is 5.03. The fourth-order valence-corrected chi connectivity index (χ4v) is 6.35. The molecular weight excluding hydrogens is 574 g/mol. The van der Waals surface area contributed by atoms with Crippen LogP contribution in [0, 0.1) is 25.2 Å². The minimum Gasteiger partial charge on any atom is -0.309 e. The summed E-state index contributed by atoms with van der Waals surface area (Å²) in [7, 11) is 0. The molecule has 5 nitrogen and oxygen atoms in total. The van der Waals surface area contributed by atoms with Crippen LogP contribution >= 0.6 is 0 Å². The standard InChI is InChI=1S/C42H29N5/c1-27-17-20-37-34(23-27)35-24-28(2)18-21-38(35)47(37)39-22-19-31(33-16-10-9-15-32(33)26-43)25-36(39)42-45-40(29-11-5-3-6-12-29)44-41(46-42)30-13-7-4-8-14-30/h3-25H,1-2H3. The number of fused-ring (bicyclic) bond motifs is 3. The normalized spacial score (nSPS) is 11.2. The van der Waals surface area contributed by atoms with Gasteiger partial charge in [-0.3, -0.25) is 0 Å². The lowest BCUT2D eigenvalue weighted by atomic mass is 9.97. The van der Waals surface area contributed by atoms with Gasteiger partial charge in [0.1, 0.15) is 0 Å². The lowest BCUT2D eigenvalue weighted by molar-refractivity contribution is 1.06. The van der Waals surface area contributed by atoms with E-state index >= 15 is 0 Å². The van der Waals surface area contributed by atoms with Crippen LogP contribution in [0.5, 0.6) is 0 Å². The summed E-state index contributed by atoms with van der Waals surface area (Å²) < 4.78 is 2.31. The van der Waals surface area contributed by atoms with Crippen molar-refractivity contribution in [3.05, 3.63) is 156 Å². The predicted molar refractivity (Wildman–Crippen MR) is 190 cm³/mol. The smallest absolute Gasteiger partial charge is 0.166 e. The average molecular weight is 604 g/mol. The van der Waals surface area contributed by atoms with Gasteiger partial charge in [0.05, 0.1) is 28.4 Å². The molecule has 0 bridgehead atoms. The summed E-state index contributed by atoms with van der Waals surface area (Å²) in [5.74, 6) is 1.74. The zero-order valence-electron chi connectivity index (χ0n) is 26.0. The Kier molecular flexibility index (Phi) is 6.89. The molecule has 0 N–H and O–H groups in total. The molecule has 0 amide bonds. The fraction of sp³-hybridized carbons (Fsp3) is 0.0476. The Morgan fingerprint density at radius 2 is 1.02 bits per heavy atom. The number of nitriles is 1. The highest BCUT2D eigenvalue weighted by atomic mass is 15.1. The number of hydrogen-bond acceptors (Lipinski definition) is 4. The maximum atomic E-state index is 9.99. The molecule has 6 aromatic carbocycles. The van der Waals surface area contributed by atoms with Crippen LogP contribution in [0.3, 0.4) is 0 Å². The summed E-state index contributed by atoms with van der Waals surface area (Å²) >= 11 is 0. The van der Waals surface area contributed by atoms with Gasteiger partial charge in [-0.05, 0) is 67.4 Å². The number of nitrogens with zero attached hydrogens (tertiary/aromatic N) is 5. The SMILES string of the molecule is Cc1ccc2c(c1)c1cc(C)ccc1n2-c1ccc(-c2ccccc2C#N)cc1-c1nc(-c2ccccc2)nc(-c2ccccc2)n1. The van der Waals surface area contributed by atoms with Crippen molar-refractivity contribution in [1.29, 1.82) is 5.26 Å². The van der Waals surface area contributed by atoms with Crippen molar-refractivity contribution in [2.24, 2.45) is 0 Å². The van der Waals surface area contributed by atoms with Crippen LogP contribution in [0.2, 0.25) is 0 Å².